The normalized spacial score (nSPS) is 21.2. The van der Waals surface area contributed by atoms with Crippen LogP contribution in [0.4, 0.5) is 0 Å². The van der Waals surface area contributed by atoms with Crippen LogP contribution in [0.25, 0.3) is 0 Å². The molecule has 1 fully saturated rings. The van der Waals surface area contributed by atoms with Crippen molar-refractivity contribution in [3.05, 3.63) is 18.0 Å². The molecule has 1 aliphatic rings. The van der Waals surface area contributed by atoms with Crippen LogP contribution in [0.2, 0.25) is 0 Å². The number of hydrogen-bond acceptors (Lipinski definition) is 5. The van der Waals surface area contributed by atoms with Gasteiger partial charge < -0.3 is 5.32 Å². The van der Waals surface area contributed by atoms with Gasteiger partial charge >= 0.3 is 0 Å². The fraction of sp³-hybridized carbons (Fsp3) is 0.556. The minimum Gasteiger partial charge on any atom is -0.315 e. The fourth-order valence-electron chi connectivity index (χ4n) is 1.58. The van der Waals surface area contributed by atoms with Crippen LogP contribution in [-0.4, -0.2) is 37.5 Å². The Bertz CT molecular complexity index is 468. The monoisotopic (exact) mass is 242 g/mol. The van der Waals surface area contributed by atoms with E-state index in [4.69, 9.17) is 0 Å². The molecule has 0 bridgehead atoms. The van der Waals surface area contributed by atoms with Gasteiger partial charge in [0.1, 0.15) is 0 Å². The molecular formula is C9H14N4O2S. The molecule has 2 heterocycles. The van der Waals surface area contributed by atoms with Crippen molar-refractivity contribution < 1.29 is 8.42 Å². The molecule has 88 valence electrons. The SMILES string of the molecule is Cc1ccnc(S(=O)(=O)N[C@H]2CCNC2)n1. The smallest absolute Gasteiger partial charge is 0.276 e. The van der Waals surface area contributed by atoms with E-state index in [1.54, 1.807) is 13.0 Å². The third-order valence-electron chi connectivity index (χ3n) is 2.40. The third-order valence-corrected chi connectivity index (χ3v) is 3.72. The van der Waals surface area contributed by atoms with Crippen LogP contribution in [0, 0.1) is 6.92 Å². The molecule has 0 aliphatic carbocycles. The molecule has 1 saturated heterocycles. The summed E-state index contributed by atoms with van der Waals surface area (Å²) in [5, 5.41) is 2.94. The maximum atomic E-state index is 11.9. The number of sulfonamides is 1. The van der Waals surface area contributed by atoms with Gasteiger partial charge in [-0.3, -0.25) is 0 Å². The van der Waals surface area contributed by atoms with Crippen molar-refractivity contribution in [1.29, 1.82) is 0 Å². The molecule has 1 aromatic heterocycles. The maximum Gasteiger partial charge on any atom is 0.276 e. The highest BCUT2D eigenvalue weighted by atomic mass is 32.2. The van der Waals surface area contributed by atoms with Crippen LogP contribution in [0.1, 0.15) is 12.1 Å². The first kappa shape index (κ1) is 11.4. The Hall–Kier alpha value is -1.05. The number of aryl methyl sites for hydroxylation is 1. The summed E-state index contributed by atoms with van der Waals surface area (Å²) >= 11 is 0. The highest BCUT2D eigenvalue weighted by molar-refractivity contribution is 7.89. The largest absolute Gasteiger partial charge is 0.315 e. The van der Waals surface area contributed by atoms with Gasteiger partial charge in [0.25, 0.3) is 15.2 Å². The topological polar surface area (TPSA) is 84.0 Å². The van der Waals surface area contributed by atoms with Crippen molar-refractivity contribution in [3.63, 3.8) is 0 Å². The van der Waals surface area contributed by atoms with E-state index in [0.717, 1.165) is 13.0 Å². The van der Waals surface area contributed by atoms with Gasteiger partial charge in [0.2, 0.25) is 0 Å². The average Bonchev–Trinajstić information content (AvgIpc) is 2.70. The van der Waals surface area contributed by atoms with Crippen LogP contribution in [0.3, 0.4) is 0 Å². The Morgan fingerprint density at radius 2 is 2.38 bits per heavy atom. The minimum absolute atomic E-state index is 0.0610. The summed E-state index contributed by atoms with van der Waals surface area (Å²) in [7, 11) is -3.58. The van der Waals surface area contributed by atoms with Gasteiger partial charge in [0.15, 0.2) is 0 Å². The van der Waals surface area contributed by atoms with Crippen molar-refractivity contribution in [3.8, 4) is 0 Å². The molecule has 0 radical (unpaired) electrons. The predicted molar refractivity (Wildman–Crippen MR) is 58.4 cm³/mol. The first-order valence-corrected chi connectivity index (χ1v) is 6.59. The van der Waals surface area contributed by atoms with E-state index in [1.165, 1.54) is 6.20 Å². The second-order valence-electron chi connectivity index (χ2n) is 3.79. The molecule has 1 atom stereocenters. The van der Waals surface area contributed by atoms with E-state index in [-0.39, 0.29) is 11.2 Å². The highest BCUT2D eigenvalue weighted by Crippen LogP contribution is 2.06. The van der Waals surface area contributed by atoms with Crippen LogP contribution in [0.5, 0.6) is 0 Å². The molecule has 0 aromatic carbocycles. The molecule has 1 aliphatic heterocycles. The van der Waals surface area contributed by atoms with Gasteiger partial charge in [-0.2, -0.15) is 0 Å². The molecule has 0 spiro atoms. The summed E-state index contributed by atoms with van der Waals surface area (Å²) in [5.74, 6) is 0. The summed E-state index contributed by atoms with van der Waals surface area (Å²) in [5.41, 5.74) is 0.639. The van der Waals surface area contributed by atoms with Gasteiger partial charge in [-0.05, 0) is 26.0 Å². The summed E-state index contributed by atoms with van der Waals surface area (Å²) in [6, 6.07) is 1.60. The average molecular weight is 242 g/mol. The second-order valence-corrected chi connectivity index (χ2v) is 5.40. The Labute approximate surface area is 94.6 Å². The van der Waals surface area contributed by atoms with E-state index in [2.05, 4.69) is 20.0 Å². The minimum atomic E-state index is -3.58. The third kappa shape index (κ3) is 2.55. The van der Waals surface area contributed by atoms with Gasteiger partial charge in [0.05, 0.1) is 0 Å². The Morgan fingerprint density at radius 3 is 3.00 bits per heavy atom. The first-order valence-electron chi connectivity index (χ1n) is 5.10. The van der Waals surface area contributed by atoms with E-state index < -0.39 is 10.0 Å². The van der Waals surface area contributed by atoms with Crippen molar-refractivity contribution in [1.82, 2.24) is 20.0 Å². The van der Waals surface area contributed by atoms with E-state index in [0.29, 0.717) is 12.2 Å². The Kier molecular flexibility index (Phi) is 3.17. The number of hydrogen-bond donors (Lipinski definition) is 2. The van der Waals surface area contributed by atoms with Crippen LogP contribution < -0.4 is 10.0 Å². The van der Waals surface area contributed by atoms with Crippen molar-refractivity contribution in [2.75, 3.05) is 13.1 Å². The molecule has 2 rings (SSSR count). The Balaban J connectivity index is 2.18. The van der Waals surface area contributed by atoms with Crippen LogP contribution in [-0.2, 0) is 10.0 Å². The lowest BCUT2D eigenvalue weighted by Crippen LogP contribution is -2.37. The molecule has 16 heavy (non-hydrogen) atoms. The summed E-state index contributed by atoms with van der Waals surface area (Å²) in [6.45, 7) is 3.23. The summed E-state index contributed by atoms with van der Waals surface area (Å²) in [4.78, 5) is 7.68. The van der Waals surface area contributed by atoms with E-state index >= 15 is 0 Å². The lowest BCUT2D eigenvalue weighted by atomic mass is 10.3. The Morgan fingerprint density at radius 1 is 1.56 bits per heavy atom. The lowest BCUT2D eigenvalue weighted by Gasteiger charge is -2.10. The van der Waals surface area contributed by atoms with E-state index in [9.17, 15) is 8.42 Å². The molecule has 7 heteroatoms. The molecule has 0 amide bonds. The molecule has 0 saturated carbocycles. The maximum absolute atomic E-state index is 11.9. The quantitative estimate of drug-likeness (QED) is 0.693. The predicted octanol–water partition coefficient (Wildman–Crippen LogP) is -0.575. The zero-order valence-corrected chi connectivity index (χ0v) is 9.79. The number of rotatable bonds is 3. The number of nitrogens with one attached hydrogen (secondary N) is 2. The van der Waals surface area contributed by atoms with Gasteiger partial charge in [-0.1, -0.05) is 0 Å². The molecule has 0 unspecified atom stereocenters. The van der Waals surface area contributed by atoms with Crippen molar-refractivity contribution in [2.24, 2.45) is 0 Å². The van der Waals surface area contributed by atoms with Gasteiger partial charge in [-0.25, -0.2) is 23.1 Å². The fourth-order valence-corrected chi connectivity index (χ4v) is 2.79. The summed E-state index contributed by atoms with van der Waals surface area (Å²) in [6.07, 6.45) is 2.24. The molecule has 1 aromatic rings. The first-order chi connectivity index (χ1) is 7.58. The van der Waals surface area contributed by atoms with Crippen LogP contribution >= 0.6 is 0 Å². The van der Waals surface area contributed by atoms with Gasteiger partial charge in [-0.15, -0.1) is 0 Å². The van der Waals surface area contributed by atoms with E-state index in [1.807, 2.05) is 0 Å². The van der Waals surface area contributed by atoms with Crippen LogP contribution in [0.15, 0.2) is 17.4 Å². The summed E-state index contributed by atoms with van der Waals surface area (Å²) < 4.78 is 26.3. The molecule has 6 nitrogen and oxygen atoms in total. The van der Waals surface area contributed by atoms with Crippen molar-refractivity contribution in [2.45, 2.75) is 24.5 Å². The molecular weight excluding hydrogens is 228 g/mol. The highest BCUT2D eigenvalue weighted by Gasteiger charge is 2.24. The van der Waals surface area contributed by atoms with Crippen molar-refractivity contribution >= 4 is 10.0 Å². The number of aromatic nitrogens is 2. The number of nitrogens with zero attached hydrogens (tertiary/aromatic N) is 2. The second kappa shape index (κ2) is 4.44. The standard InChI is InChI=1S/C9H14N4O2S/c1-7-2-5-11-9(12-7)16(14,15)13-8-3-4-10-6-8/h2,5,8,10,13H,3-4,6H2,1H3/t8-/m0/s1. The van der Waals surface area contributed by atoms with Gasteiger partial charge in [0, 0.05) is 24.5 Å². The zero-order chi connectivity index (χ0) is 11.6. The lowest BCUT2D eigenvalue weighted by molar-refractivity contribution is 0.551. The zero-order valence-electron chi connectivity index (χ0n) is 8.97. The molecule has 2 N–H and O–H groups in total.